The van der Waals surface area contributed by atoms with Crippen LogP contribution in [0.3, 0.4) is 0 Å². The van der Waals surface area contributed by atoms with Crippen LogP contribution in [0.2, 0.25) is 0 Å². The maximum Gasteiger partial charge on any atom is 0.346 e. The Morgan fingerprint density at radius 3 is 1.56 bits per heavy atom. The summed E-state index contributed by atoms with van der Waals surface area (Å²) < 4.78 is 6.05. The van der Waals surface area contributed by atoms with Crippen molar-refractivity contribution in [3.8, 4) is 6.07 Å². The van der Waals surface area contributed by atoms with Crippen LogP contribution in [0.15, 0.2) is 121 Å². The van der Waals surface area contributed by atoms with E-state index in [4.69, 9.17) is 10.00 Å². The van der Waals surface area contributed by atoms with Crippen LogP contribution in [0.1, 0.15) is 11.1 Å². The van der Waals surface area contributed by atoms with Crippen LogP contribution in [-0.2, 0) is 9.53 Å². The summed E-state index contributed by atoms with van der Waals surface area (Å²) in [6, 6.07) is 38.5. The zero-order valence-electron chi connectivity index (χ0n) is 18.2. The van der Waals surface area contributed by atoms with E-state index in [9.17, 15) is 9.90 Å². The number of cyclic esters (lactones) is 1. The molecule has 164 valence electrons. The zero-order valence-corrected chi connectivity index (χ0v) is 19.1. The van der Waals surface area contributed by atoms with Crippen molar-refractivity contribution in [3.05, 3.63) is 132 Å². The Hall–Kier alpha value is -4.19. The van der Waals surface area contributed by atoms with E-state index in [-0.39, 0.29) is 11.3 Å². The largest absolute Gasteiger partial charge is 0.504 e. The molecule has 5 rings (SSSR count). The van der Waals surface area contributed by atoms with Crippen molar-refractivity contribution in [3.63, 3.8) is 0 Å². The maximum atomic E-state index is 13.2. The van der Waals surface area contributed by atoms with E-state index < -0.39 is 19.1 Å². The molecule has 1 aliphatic rings. The molecule has 0 saturated carbocycles. The number of nitriles is 1. The average molecular weight is 462 g/mol. The van der Waals surface area contributed by atoms with Crippen molar-refractivity contribution in [1.82, 2.24) is 0 Å². The van der Waals surface area contributed by atoms with Crippen molar-refractivity contribution in [2.24, 2.45) is 0 Å². The molecule has 4 aromatic carbocycles. The Labute approximate surface area is 198 Å². The van der Waals surface area contributed by atoms with Crippen LogP contribution >= 0.6 is 7.26 Å². The Morgan fingerprint density at radius 2 is 1.15 bits per heavy atom. The van der Waals surface area contributed by atoms with Gasteiger partial charge < -0.3 is 9.84 Å². The van der Waals surface area contributed by atoms with Crippen molar-refractivity contribution < 1.29 is 14.6 Å². The van der Waals surface area contributed by atoms with Gasteiger partial charge in [0.1, 0.15) is 21.5 Å². The number of hydrogen-bond acceptors (Lipinski definition) is 4. The summed E-state index contributed by atoms with van der Waals surface area (Å²) in [6.07, 6.45) is 0. The second kappa shape index (κ2) is 8.98. The highest BCUT2D eigenvalue weighted by Gasteiger charge is 2.60. The lowest BCUT2D eigenvalue weighted by Gasteiger charge is -2.31. The summed E-state index contributed by atoms with van der Waals surface area (Å²) in [7, 11) is -2.67. The van der Waals surface area contributed by atoms with Crippen molar-refractivity contribution in [2.75, 3.05) is 0 Å². The van der Waals surface area contributed by atoms with Crippen LogP contribution < -0.4 is 15.9 Å². The van der Waals surface area contributed by atoms with E-state index in [1.165, 1.54) is 0 Å². The highest BCUT2D eigenvalue weighted by Crippen LogP contribution is 2.63. The van der Waals surface area contributed by atoms with E-state index in [2.05, 4.69) is 6.07 Å². The topological polar surface area (TPSA) is 70.3 Å². The smallest absolute Gasteiger partial charge is 0.346 e. The first-order chi connectivity index (χ1) is 16.7. The summed E-state index contributed by atoms with van der Waals surface area (Å²) in [5, 5.41) is 23.7. The van der Waals surface area contributed by atoms with Gasteiger partial charge in [-0.25, -0.2) is 4.79 Å². The monoisotopic (exact) mass is 462 g/mol. The van der Waals surface area contributed by atoms with Gasteiger partial charge in [0.05, 0.1) is 11.6 Å². The molecule has 0 aliphatic carbocycles. The van der Waals surface area contributed by atoms with Gasteiger partial charge in [-0.2, -0.15) is 5.26 Å². The first-order valence-electron chi connectivity index (χ1n) is 10.9. The molecule has 0 amide bonds. The van der Waals surface area contributed by atoms with Crippen molar-refractivity contribution >= 4 is 34.7 Å². The van der Waals surface area contributed by atoms with E-state index in [1.54, 1.807) is 24.3 Å². The molecule has 34 heavy (non-hydrogen) atoms. The number of hydrogen-bond donors (Lipinski definition) is 1. The molecule has 0 radical (unpaired) electrons. The number of benzene rings is 4. The molecular weight excluding hydrogens is 441 g/mol. The molecule has 1 unspecified atom stereocenters. The highest BCUT2D eigenvalue weighted by atomic mass is 31.2. The number of aliphatic hydroxyl groups is 1. The lowest BCUT2D eigenvalue weighted by atomic mass is 10.0. The van der Waals surface area contributed by atoms with Gasteiger partial charge >= 0.3 is 5.97 Å². The second-order valence-corrected chi connectivity index (χ2v) is 11.4. The van der Waals surface area contributed by atoms with Gasteiger partial charge in [0.15, 0.2) is 13.0 Å². The van der Waals surface area contributed by atoms with E-state index in [0.717, 1.165) is 15.9 Å². The summed E-state index contributed by atoms with van der Waals surface area (Å²) in [6.45, 7) is 0. The predicted octanol–water partition coefficient (Wildman–Crippen LogP) is 4.70. The molecule has 0 fully saturated rings. The van der Waals surface area contributed by atoms with Gasteiger partial charge in [0.2, 0.25) is 0 Å². The summed E-state index contributed by atoms with van der Waals surface area (Å²) in [5.74, 6) is -1.53. The lowest BCUT2D eigenvalue weighted by Crippen LogP contribution is -2.40. The molecule has 0 spiro atoms. The molecule has 5 heteroatoms. The highest BCUT2D eigenvalue weighted by molar-refractivity contribution is 7.96. The van der Waals surface area contributed by atoms with E-state index in [1.807, 2.05) is 91.0 Å². The van der Waals surface area contributed by atoms with Crippen LogP contribution in [0.5, 0.6) is 0 Å². The van der Waals surface area contributed by atoms with Crippen LogP contribution in [0, 0.1) is 11.3 Å². The SMILES string of the molecule is N#Cc1ccc(C2=C(O)C([P+](c3ccccc3)(c3ccccc3)c3ccccc3)OC2=O)cc1. The van der Waals surface area contributed by atoms with Crippen LogP contribution in [-0.4, -0.2) is 16.9 Å². The van der Waals surface area contributed by atoms with Gasteiger partial charge in [0.25, 0.3) is 5.85 Å². The van der Waals surface area contributed by atoms with Crippen molar-refractivity contribution in [2.45, 2.75) is 5.85 Å². The standard InChI is InChI=1S/C29H20NO3P/c30-20-21-16-18-22(19-17-21)26-27(31)29(33-28(26)32)34(23-10-4-1-5-11-23,24-12-6-2-7-13-24)25-14-8-3-9-15-25/h1-19,29H/p+1. The van der Waals surface area contributed by atoms with E-state index in [0.29, 0.717) is 11.1 Å². The third-order valence-electron chi connectivity index (χ3n) is 6.06. The third kappa shape index (κ3) is 3.48. The molecule has 1 aliphatic heterocycles. The zero-order chi connectivity index (χ0) is 23.5. The molecular formula is C29H21NO3P+. The fourth-order valence-corrected chi connectivity index (χ4v) is 8.91. The second-order valence-electron chi connectivity index (χ2n) is 7.94. The third-order valence-corrected chi connectivity index (χ3v) is 10.4. The van der Waals surface area contributed by atoms with Gasteiger partial charge in [-0.3, -0.25) is 0 Å². The molecule has 1 heterocycles. The number of nitrogens with zero attached hydrogens (tertiary/aromatic N) is 1. The molecule has 1 N–H and O–H groups in total. The normalized spacial score (nSPS) is 15.6. The first kappa shape index (κ1) is 21.6. The Balaban J connectivity index is 1.80. The van der Waals surface area contributed by atoms with Crippen LogP contribution in [0.4, 0.5) is 0 Å². The van der Waals surface area contributed by atoms with Gasteiger partial charge in [0, 0.05) is 0 Å². The maximum absolute atomic E-state index is 13.2. The Kier molecular flexibility index (Phi) is 5.72. The lowest BCUT2D eigenvalue weighted by molar-refractivity contribution is -0.135. The fraction of sp³-hybridized carbons (Fsp3) is 0.0345. The summed E-state index contributed by atoms with van der Waals surface area (Å²) >= 11 is 0. The number of rotatable bonds is 5. The minimum atomic E-state index is -2.67. The Bertz CT molecular complexity index is 1300. The Morgan fingerprint density at radius 1 is 0.706 bits per heavy atom. The quantitative estimate of drug-likeness (QED) is 0.345. The average Bonchev–Trinajstić information content (AvgIpc) is 3.20. The number of carbonyl (C=O) groups excluding carboxylic acids is 1. The van der Waals surface area contributed by atoms with E-state index >= 15 is 0 Å². The van der Waals surface area contributed by atoms with Crippen molar-refractivity contribution in [1.29, 1.82) is 5.26 Å². The number of aliphatic hydroxyl groups excluding tert-OH is 1. The molecule has 0 aromatic heterocycles. The fourth-order valence-electron chi connectivity index (χ4n) is 4.53. The number of carbonyl (C=O) groups is 1. The number of ether oxygens (including phenoxy) is 1. The summed E-state index contributed by atoms with van der Waals surface area (Å²) in [5.41, 5.74) is 1.14. The van der Waals surface area contributed by atoms with Gasteiger partial charge in [-0.15, -0.1) is 0 Å². The van der Waals surface area contributed by atoms with Crippen LogP contribution in [0.25, 0.3) is 5.57 Å². The predicted molar refractivity (Wildman–Crippen MR) is 136 cm³/mol. The first-order valence-corrected chi connectivity index (χ1v) is 12.7. The number of esters is 1. The minimum Gasteiger partial charge on any atom is -0.504 e. The van der Waals surface area contributed by atoms with Gasteiger partial charge in [-0.1, -0.05) is 66.7 Å². The minimum absolute atomic E-state index is 0.0837. The van der Waals surface area contributed by atoms with Gasteiger partial charge in [-0.05, 0) is 54.1 Å². The molecule has 0 bridgehead atoms. The molecule has 1 atom stereocenters. The molecule has 4 aromatic rings. The molecule has 0 saturated heterocycles. The molecule has 4 nitrogen and oxygen atoms in total. The summed E-state index contributed by atoms with van der Waals surface area (Å²) in [4.78, 5) is 13.2.